The van der Waals surface area contributed by atoms with Crippen LogP contribution in [-0.2, 0) is 9.53 Å². The van der Waals surface area contributed by atoms with Crippen LogP contribution in [0.15, 0.2) is 51.9 Å². The van der Waals surface area contributed by atoms with Crippen LogP contribution in [0.3, 0.4) is 0 Å². The van der Waals surface area contributed by atoms with E-state index >= 15 is 0 Å². The molecule has 2 aromatic carbocycles. The quantitative estimate of drug-likeness (QED) is 0.551. The highest BCUT2D eigenvalue weighted by molar-refractivity contribution is 5.79. The molecule has 6 heteroatoms. The number of fused-ring (bicyclic) bond motifs is 1. The molecule has 0 aliphatic rings. The van der Waals surface area contributed by atoms with Crippen molar-refractivity contribution in [2.24, 2.45) is 0 Å². The van der Waals surface area contributed by atoms with Crippen molar-refractivity contribution in [3.05, 3.63) is 64.0 Å². The Balaban J connectivity index is 1.83. The third kappa shape index (κ3) is 4.96. The molecule has 0 spiro atoms. The number of esters is 1. The second-order valence-electron chi connectivity index (χ2n) is 7.26. The lowest BCUT2D eigenvalue weighted by atomic mass is 10.1. The molecule has 1 aromatic heterocycles. The Bertz CT molecular complexity index is 1080. The summed E-state index contributed by atoms with van der Waals surface area (Å²) >= 11 is 0. The first-order valence-corrected chi connectivity index (χ1v) is 9.42. The van der Waals surface area contributed by atoms with Gasteiger partial charge in [0.15, 0.2) is 6.10 Å². The minimum Gasteiger partial charge on any atom is -0.479 e. The summed E-state index contributed by atoms with van der Waals surface area (Å²) in [7, 11) is 0. The van der Waals surface area contributed by atoms with Crippen molar-refractivity contribution >= 4 is 16.9 Å². The summed E-state index contributed by atoms with van der Waals surface area (Å²) in [6, 6.07) is 10.5. The average Bonchev–Trinajstić information content (AvgIpc) is 2.62. The summed E-state index contributed by atoms with van der Waals surface area (Å²) in [4.78, 5) is 24.7. The lowest BCUT2D eigenvalue weighted by molar-refractivity contribution is -0.154. The highest BCUT2D eigenvalue weighted by Gasteiger charge is 2.18. The van der Waals surface area contributed by atoms with E-state index in [2.05, 4.69) is 0 Å². The molecule has 3 aromatic rings. The number of carbonyl (C=O) groups is 1. The summed E-state index contributed by atoms with van der Waals surface area (Å²) in [6.45, 7) is 9.07. The van der Waals surface area contributed by atoms with Gasteiger partial charge in [0.2, 0.25) is 11.2 Å². The van der Waals surface area contributed by atoms with Gasteiger partial charge in [-0.15, -0.1) is 0 Å². The average molecular weight is 396 g/mol. The molecular formula is C23H24O6. The number of hydrogen-bond acceptors (Lipinski definition) is 6. The molecule has 29 heavy (non-hydrogen) atoms. The summed E-state index contributed by atoms with van der Waals surface area (Å²) in [5, 5.41) is 0.358. The van der Waals surface area contributed by atoms with Gasteiger partial charge in [0, 0.05) is 6.07 Å². The third-order valence-corrected chi connectivity index (χ3v) is 4.13. The maximum Gasteiger partial charge on any atom is 0.347 e. The zero-order valence-electron chi connectivity index (χ0n) is 17.1. The molecule has 0 unspecified atom stereocenters. The Morgan fingerprint density at radius 1 is 0.966 bits per heavy atom. The fourth-order valence-electron chi connectivity index (χ4n) is 2.93. The SMILES string of the molecule is Cc1cc(C)cc(Oc2coc3cc(O[C@H](C)C(=O)OC(C)C)ccc3c2=O)c1. The summed E-state index contributed by atoms with van der Waals surface area (Å²) in [5.41, 5.74) is 2.13. The Morgan fingerprint density at radius 3 is 2.31 bits per heavy atom. The molecule has 1 atom stereocenters. The number of benzene rings is 2. The van der Waals surface area contributed by atoms with Crippen molar-refractivity contribution in [2.45, 2.75) is 46.8 Å². The predicted molar refractivity (Wildman–Crippen MR) is 110 cm³/mol. The van der Waals surface area contributed by atoms with Crippen LogP contribution in [0.1, 0.15) is 31.9 Å². The Hall–Kier alpha value is -3.28. The van der Waals surface area contributed by atoms with Gasteiger partial charge in [-0.1, -0.05) is 6.07 Å². The van der Waals surface area contributed by atoms with E-state index in [4.69, 9.17) is 18.6 Å². The molecule has 0 fully saturated rings. The van der Waals surface area contributed by atoms with Crippen LogP contribution in [0.5, 0.6) is 17.2 Å². The normalized spacial score (nSPS) is 12.1. The first-order chi connectivity index (χ1) is 13.7. The second kappa shape index (κ2) is 8.39. The van der Waals surface area contributed by atoms with E-state index in [-0.39, 0.29) is 17.3 Å². The van der Waals surface area contributed by atoms with Crippen LogP contribution < -0.4 is 14.9 Å². The highest BCUT2D eigenvalue weighted by atomic mass is 16.6. The Morgan fingerprint density at radius 2 is 1.66 bits per heavy atom. The number of rotatable bonds is 6. The van der Waals surface area contributed by atoms with Gasteiger partial charge in [-0.2, -0.15) is 0 Å². The Kier molecular flexibility index (Phi) is 5.92. The van der Waals surface area contributed by atoms with Crippen LogP contribution in [0, 0.1) is 13.8 Å². The molecular weight excluding hydrogens is 372 g/mol. The molecule has 6 nitrogen and oxygen atoms in total. The fraction of sp³-hybridized carbons (Fsp3) is 0.304. The first-order valence-electron chi connectivity index (χ1n) is 9.42. The fourth-order valence-corrected chi connectivity index (χ4v) is 2.93. The topological polar surface area (TPSA) is 75.0 Å². The van der Waals surface area contributed by atoms with Crippen LogP contribution in [-0.4, -0.2) is 18.2 Å². The zero-order chi connectivity index (χ0) is 21.1. The van der Waals surface area contributed by atoms with Crippen LogP contribution in [0.25, 0.3) is 11.0 Å². The van der Waals surface area contributed by atoms with Crippen LogP contribution in [0.2, 0.25) is 0 Å². The number of hydrogen-bond donors (Lipinski definition) is 0. The summed E-state index contributed by atoms with van der Waals surface area (Å²) in [5.74, 6) is 0.618. The van der Waals surface area contributed by atoms with Gasteiger partial charge in [0.1, 0.15) is 23.3 Å². The molecule has 0 bridgehead atoms. The van der Waals surface area contributed by atoms with E-state index in [1.807, 2.05) is 32.0 Å². The summed E-state index contributed by atoms with van der Waals surface area (Å²) < 4.78 is 22.1. The molecule has 0 aliphatic carbocycles. The van der Waals surface area contributed by atoms with Gasteiger partial charge in [0.25, 0.3) is 0 Å². The number of aryl methyl sites for hydroxylation is 2. The lowest BCUT2D eigenvalue weighted by Gasteiger charge is -2.16. The maximum atomic E-state index is 12.8. The van der Waals surface area contributed by atoms with E-state index in [0.29, 0.717) is 22.5 Å². The van der Waals surface area contributed by atoms with E-state index < -0.39 is 12.1 Å². The van der Waals surface area contributed by atoms with Crippen molar-refractivity contribution < 1.29 is 23.4 Å². The second-order valence-corrected chi connectivity index (χ2v) is 7.26. The van der Waals surface area contributed by atoms with Gasteiger partial charge < -0.3 is 18.6 Å². The van der Waals surface area contributed by atoms with Crippen LogP contribution in [0.4, 0.5) is 0 Å². The lowest BCUT2D eigenvalue weighted by Crippen LogP contribution is -2.28. The molecule has 0 aliphatic heterocycles. The first kappa shape index (κ1) is 20.5. The smallest absolute Gasteiger partial charge is 0.347 e. The van der Waals surface area contributed by atoms with E-state index in [1.165, 1.54) is 6.26 Å². The standard InChI is InChI=1S/C23H24O6/c1-13(2)27-23(25)16(5)28-17-6-7-19-20(11-17)26-12-21(22(19)24)29-18-9-14(3)8-15(4)10-18/h6-13,16H,1-5H3/t16-/m1/s1. The zero-order valence-corrected chi connectivity index (χ0v) is 17.1. The van der Waals surface area contributed by atoms with E-state index in [1.54, 1.807) is 39.0 Å². The molecule has 1 heterocycles. The molecule has 0 saturated heterocycles. The van der Waals surface area contributed by atoms with Crippen molar-refractivity contribution in [3.63, 3.8) is 0 Å². The van der Waals surface area contributed by atoms with Crippen LogP contribution >= 0.6 is 0 Å². The van der Waals surface area contributed by atoms with E-state index in [9.17, 15) is 9.59 Å². The molecule has 0 N–H and O–H groups in total. The van der Waals surface area contributed by atoms with Gasteiger partial charge >= 0.3 is 5.97 Å². The molecule has 0 radical (unpaired) electrons. The monoisotopic (exact) mass is 396 g/mol. The van der Waals surface area contributed by atoms with Gasteiger partial charge in [-0.3, -0.25) is 4.79 Å². The molecule has 0 amide bonds. The molecule has 0 saturated carbocycles. The third-order valence-electron chi connectivity index (χ3n) is 4.13. The largest absolute Gasteiger partial charge is 0.479 e. The van der Waals surface area contributed by atoms with Crippen molar-refractivity contribution in [2.75, 3.05) is 0 Å². The van der Waals surface area contributed by atoms with Gasteiger partial charge in [-0.05, 0) is 70.0 Å². The van der Waals surface area contributed by atoms with Crippen molar-refractivity contribution in [1.29, 1.82) is 0 Å². The van der Waals surface area contributed by atoms with Crippen molar-refractivity contribution in [3.8, 4) is 17.2 Å². The van der Waals surface area contributed by atoms with Gasteiger partial charge in [-0.25, -0.2) is 4.79 Å². The molecule has 3 rings (SSSR count). The molecule has 152 valence electrons. The van der Waals surface area contributed by atoms with Crippen molar-refractivity contribution in [1.82, 2.24) is 0 Å². The minimum absolute atomic E-state index is 0.102. The number of carbonyl (C=O) groups excluding carboxylic acids is 1. The predicted octanol–water partition coefficient (Wildman–Crippen LogP) is 4.92. The summed E-state index contributed by atoms with van der Waals surface area (Å²) in [6.07, 6.45) is 0.273. The van der Waals surface area contributed by atoms with Gasteiger partial charge in [0.05, 0.1) is 11.5 Å². The van der Waals surface area contributed by atoms with E-state index in [0.717, 1.165) is 11.1 Å². The Labute approximate surface area is 169 Å². The highest BCUT2D eigenvalue weighted by Crippen LogP contribution is 2.25. The minimum atomic E-state index is -0.784. The maximum absolute atomic E-state index is 12.8. The number of ether oxygens (including phenoxy) is 3.